The second-order valence-corrected chi connectivity index (χ2v) is 4.43. The number of rotatable bonds is 1. The van der Waals surface area contributed by atoms with Gasteiger partial charge in [0.1, 0.15) is 17.6 Å². The molecular weight excluding hydrogens is 248 g/mol. The Kier molecular flexibility index (Phi) is 2.33. The van der Waals surface area contributed by atoms with Gasteiger partial charge in [0.05, 0.1) is 11.1 Å². The summed E-state index contributed by atoms with van der Waals surface area (Å²) >= 11 is 0. The summed E-state index contributed by atoms with van der Waals surface area (Å²) in [5.41, 5.74) is 0.223. The molecule has 0 radical (unpaired) electrons. The molecule has 0 unspecified atom stereocenters. The van der Waals surface area contributed by atoms with Crippen LogP contribution >= 0.6 is 0 Å². The van der Waals surface area contributed by atoms with Gasteiger partial charge in [0.2, 0.25) is 5.78 Å². The monoisotopic (exact) mass is 258 g/mol. The number of benzene rings is 1. The predicted molar refractivity (Wildman–Crippen MR) is 64.3 cm³/mol. The molecule has 0 fully saturated rings. The Balaban J connectivity index is 2.27. The van der Waals surface area contributed by atoms with Gasteiger partial charge >= 0.3 is 0 Å². The summed E-state index contributed by atoms with van der Waals surface area (Å²) < 4.78 is 5.23. The lowest BCUT2D eigenvalue weighted by Gasteiger charge is -2.13. The second kappa shape index (κ2) is 3.80. The first-order valence-corrected chi connectivity index (χ1v) is 5.74. The fourth-order valence-corrected chi connectivity index (χ4v) is 2.18. The molecule has 1 aromatic heterocycles. The largest absolute Gasteiger partial charge is 0.507 e. The van der Waals surface area contributed by atoms with E-state index in [1.54, 1.807) is 0 Å². The van der Waals surface area contributed by atoms with Crippen LogP contribution in [0.3, 0.4) is 0 Å². The van der Waals surface area contributed by atoms with Crippen molar-refractivity contribution in [1.82, 2.24) is 0 Å². The third kappa shape index (κ3) is 1.52. The van der Waals surface area contributed by atoms with Gasteiger partial charge in [-0.25, -0.2) is 0 Å². The second-order valence-electron chi connectivity index (χ2n) is 4.43. The smallest absolute Gasteiger partial charge is 0.233 e. The van der Waals surface area contributed by atoms with E-state index in [4.69, 9.17) is 4.42 Å². The van der Waals surface area contributed by atoms with Crippen LogP contribution in [0.1, 0.15) is 50.8 Å². The maximum Gasteiger partial charge on any atom is 0.233 e. The van der Waals surface area contributed by atoms with Crippen LogP contribution in [-0.4, -0.2) is 21.8 Å². The molecule has 19 heavy (non-hydrogen) atoms. The standard InChI is InChI=1S/C14H10O5/c1-6(15)10-5-8-12(17)7-3-2-4-9(16)11(7)13(18)14(8)19-10/h2-6,15-16H,1H3/t6-/m0/s1. The van der Waals surface area contributed by atoms with Crippen LogP contribution in [0.25, 0.3) is 0 Å². The predicted octanol–water partition coefficient (Wildman–Crippen LogP) is 1.81. The molecule has 1 aromatic carbocycles. The van der Waals surface area contributed by atoms with Gasteiger partial charge < -0.3 is 14.6 Å². The van der Waals surface area contributed by atoms with Gasteiger partial charge in [-0.2, -0.15) is 0 Å². The molecule has 0 saturated carbocycles. The summed E-state index contributed by atoms with van der Waals surface area (Å²) in [4.78, 5) is 24.5. The molecule has 0 bridgehead atoms. The molecular formula is C14H10O5. The van der Waals surface area contributed by atoms with Crippen LogP contribution in [0.2, 0.25) is 0 Å². The van der Waals surface area contributed by atoms with E-state index < -0.39 is 17.7 Å². The third-order valence-corrected chi connectivity index (χ3v) is 3.13. The average molecular weight is 258 g/mol. The van der Waals surface area contributed by atoms with Gasteiger partial charge in [-0.1, -0.05) is 12.1 Å². The number of phenols is 1. The SMILES string of the molecule is C[C@H](O)c1cc2c(o1)C(=O)c1c(O)cccc1C2=O. The molecule has 2 N–H and O–H groups in total. The number of fused-ring (bicyclic) bond motifs is 2. The zero-order valence-electron chi connectivity index (χ0n) is 10.0. The van der Waals surface area contributed by atoms with Gasteiger partial charge in [0.25, 0.3) is 0 Å². The Hall–Kier alpha value is -2.40. The molecule has 0 amide bonds. The summed E-state index contributed by atoms with van der Waals surface area (Å²) in [6.07, 6.45) is -0.914. The first kappa shape index (κ1) is 11.7. The Bertz CT molecular complexity index is 709. The quantitative estimate of drug-likeness (QED) is 0.695. The fourth-order valence-electron chi connectivity index (χ4n) is 2.18. The molecule has 1 aliphatic rings. The van der Waals surface area contributed by atoms with E-state index >= 15 is 0 Å². The number of aliphatic hydroxyl groups excluding tert-OH is 1. The van der Waals surface area contributed by atoms with Gasteiger partial charge in [-0.3, -0.25) is 9.59 Å². The minimum Gasteiger partial charge on any atom is -0.507 e. The molecule has 1 atom stereocenters. The fraction of sp³-hybridized carbons (Fsp3) is 0.143. The maximum atomic E-state index is 12.2. The number of hydrogen-bond acceptors (Lipinski definition) is 5. The molecule has 1 heterocycles. The summed E-state index contributed by atoms with van der Waals surface area (Å²) in [5.74, 6) is -1.17. The number of hydrogen-bond donors (Lipinski definition) is 2. The van der Waals surface area contributed by atoms with Crippen molar-refractivity contribution in [2.24, 2.45) is 0 Å². The van der Waals surface area contributed by atoms with E-state index in [0.717, 1.165) is 0 Å². The zero-order valence-corrected chi connectivity index (χ0v) is 10.0. The van der Waals surface area contributed by atoms with Gasteiger partial charge in [0.15, 0.2) is 11.5 Å². The van der Waals surface area contributed by atoms with E-state index in [0.29, 0.717) is 0 Å². The van der Waals surface area contributed by atoms with Crippen molar-refractivity contribution in [2.45, 2.75) is 13.0 Å². The van der Waals surface area contributed by atoms with Crippen LogP contribution < -0.4 is 0 Å². The molecule has 2 aromatic rings. The van der Waals surface area contributed by atoms with Gasteiger partial charge in [-0.05, 0) is 19.1 Å². The zero-order chi connectivity index (χ0) is 13.7. The Morgan fingerprint density at radius 3 is 2.58 bits per heavy atom. The topological polar surface area (TPSA) is 87.7 Å². The first-order chi connectivity index (χ1) is 9.00. The minimum absolute atomic E-state index is 0.0495. The lowest BCUT2D eigenvalue weighted by molar-refractivity contribution is 0.0951. The Morgan fingerprint density at radius 2 is 1.89 bits per heavy atom. The number of ketones is 2. The lowest BCUT2D eigenvalue weighted by atomic mass is 9.88. The van der Waals surface area contributed by atoms with Crippen molar-refractivity contribution in [3.63, 3.8) is 0 Å². The van der Waals surface area contributed by atoms with E-state index in [-0.39, 0.29) is 34.0 Å². The Morgan fingerprint density at radius 1 is 1.16 bits per heavy atom. The van der Waals surface area contributed by atoms with E-state index in [2.05, 4.69) is 0 Å². The summed E-state index contributed by atoms with van der Waals surface area (Å²) in [6.45, 7) is 1.48. The van der Waals surface area contributed by atoms with Crippen LogP contribution in [0.15, 0.2) is 28.7 Å². The van der Waals surface area contributed by atoms with Crippen molar-refractivity contribution >= 4 is 11.6 Å². The van der Waals surface area contributed by atoms with Crippen molar-refractivity contribution in [1.29, 1.82) is 0 Å². The van der Waals surface area contributed by atoms with E-state index in [1.807, 2.05) is 0 Å². The van der Waals surface area contributed by atoms with Gasteiger partial charge in [-0.15, -0.1) is 0 Å². The summed E-state index contributed by atoms with van der Waals surface area (Å²) in [6, 6.07) is 5.69. The third-order valence-electron chi connectivity index (χ3n) is 3.13. The van der Waals surface area contributed by atoms with Crippen molar-refractivity contribution in [2.75, 3.05) is 0 Å². The minimum atomic E-state index is -0.914. The molecule has 0 spiro atoms. The highest BCUT2D eigenvalue weighted by Crippen LogP contribution is 2.35. The number of aliphatic hydroxyl groups is 1. The molecule has 5 heteroatoms. The van der Waals surface area contributed by atoms with Crippen LogP contribution in [-0.2, 0) is 0 Å². The molecule has 0 saturated heterocycles. The van der Waals surface area contributed by atoms with E-state index in [9.17, 15) is 19.8 Å². The van der Waals surface area contributed by atoms with Gasteiger partial charge in [0, 0.05) is 5.56 Å². The van der Waals surface area contributed by atoms with Crippen molar-refractivity contribution in [3.05, 3.63) is 52.5 Å². The number of furan rings is 1. The number of phenolic OH excluding ortho intramolecular Hbond substituents is 1. The number of aromatic hydroxyl groups is 1. The number of carbonyl (C=O) groups is 2. The lowest BCUT2D eigenvalue weighted by Crippen LogP contribution is -2.19. The highest BCUT2D eigenvalue weighted by Gasteiger charge is 2.35. The van der Waals surface area contributed by atoms with Crippen LogP contribution in [0, 0.1) is 0 Å². The van der Waals surface area contributed by atoms with E-state index in [1.165, 1.54) is 31.2 Å². The molecule has 96 valence electrons. The summed E-state index contributed by atoms with van der Waals surface area (Å²) in [7, 11) is 0. The highest BCUT2D eigenvalue weighted by atomic mass is 16.4. The molecule has 5 nitrogen and oxygen atoms in total. The average Bonchev–Trinajstić information content (AvgIpc) is 2.81. The summed E-state index contributed by atoms with van der Waals surface area (Å²) in [5, 5.41) is 19.2. The van der Waals surface area contributed by atoms with Crippen molar-refractivity contribution < 1.29 is 24.2 Å². The molecule has 0 aliphatic heterocycles. The first-order valence-electron chi connectivity index (χ1n) is 5.74. The van der Waals surface area contributed by atoms with Crippen LogP contribution in [0.4, 0.5) is 0 Å². The maximum absolute atomic E-state index is 12.2. The van der Waals surface area contributed by atoms with Crippen LogP contribution in [0.5, 0.6) is 5.75 Å². The van der Waals surface area contributed by atoms with Crippen molar-refractivity contribution in [3.8, 4) is 5.75 Å². The number of carbonyl (C=O) groups excluding carboxylic acids is 2. The molecule has 3 rings (SSSR count). The normalized spacial score (nSPS) is 15.1. The Labute approximate surface area is 108 Å². The highest BCUT2D eigenvalue weighted by molar-refractivity contribution is 6.28. The molecule has 1 aliphatic carbocycles.